The first-order chi connectivity index (χ1) is 15.8. The molecule has 33 heavy (non-hydrogen) atoms. The van der Waals surface area contributed by atoms with Crippen molar-refractivity contribution in [2.24, 2.45) is 11.8 Å². The van der Waals surface area contributed by atoms with Crippen LogP contribution in [0.1, 0.15) is 52.9 Å². The Hall–Kier alpha value is -1.80. The Kier molecular flexibility index (Phi) is 6.97. The molecule has 2 fully saturated rings. The summed E-state index contributed by atoms with van der Waals surface area (Å²) in [5.41, 5.74) is 0. The van der Waals surface area contributed by atoms with Crippen molar-refractivity contribution < 1.29 is 24.2 Å². The first kappa shape index (κ1) is 24.3. The van der Waals surface area contributed by atoms with Crippen LogP contribution < -0.4 is 0 Å². The number of rotatable bonds is 7. The number of aliphatic hydroxyl groups excluding tert-OH is 1. The van der Waals surface area contributed by atoms with Gasteiger partial charge in [0.25, 0.3) is 0 Å². The van der Waals surface area contributed by atoms with E-state index < -0.39 is 33.4 Å². The number of likely N-dealkylation sites (tertiary alicyclic amines) is 1. The third kappa shape index (κ3) is 3.83. The standard InChI is InChI=1S/C25H36N2O5S/c1-4-6-8-13-26-14-10-12-25-18(19-23(31)32-15-9-7-11-24(19,3)33-25)21(29)27(17(5-2)16-28)20(25)22(26)30/h7,10-12,17-20,28H,4-6,8-9,13-16H2,1-3H3/t17-,18-,19-,20?,24+,25-/m0/s1. The number of carbonyl (C=O) groups excluding carboxylic acids is 3. The molecule has 1 spiro atoms. The topological polar surface area (TPSA) is 87.2 Å². The summed E-state index contributed by atoms with van der Waals surface area (Å²) in [6.45, 7) is 7.23. The minimum Gasteiger partial charge on any atom is -0.465 e. The second kappa shape index (κ2) is 9.45. The van der Waals surface area contributed by atoms with Crippen LogP contribution in [0.15, 0.2) is 24.3 Å². The van der Waals surface area contributed by atoms with Crippen LogP contribution in [-0.2, 0) is 19.1 Å². The number of amides is 2. The molecule has 4 rings (SSSR count). The number of hydrogen-bond acceptors (Lipinski definition) is 6. The zero-order valence-electron chi connectivity index (χ0n) is 19.9. The van der Waals surface area contributed by atoms with Gasteiger partial charge in [-0.15, -0.1) is 11.8 Å². The maximum absolute atomic E-state index is 14.0. The van der Waals surface area contributed by atoms with E-state index in [9.17, 15) is 19.5 Å². The van der Waals surface area contributed by atoms with E-state index in [0.717, 1.165) is 19.3 Å². The van der Waals surface area contributed by atoms with Crippen molar-refractivity contribution in [2.45, 2.75) is 74.5 Å². The molecule has 0 aromatic carbocycles. The SMILES string of the molecule is CCCCCN1CC=C[C@]23S[C@]4(C)C=CCCOC(=O)[C@@H]4[C@H]2C(=O)N([C@@H](CC)CO)C3C1=O. The number of cyclic esters (lactones) is 1. The second-order valence-corrected chi connectivity index (χ2v) is 11.5. The molecule has 182 valence electrons. The Balaban J connectivity index is 1.83. The Labute approximate surface area is 200 Å². The maximum atomic E-state index is 14.0. The average molecular weight is 477 g/mol. The van der Waals surface area contributed by atoms with Crippen LogP contribution in [0.2, 0.25) is 0 Å². The number of thioether (sulfide) groups is 1. The molecule has 2 amide bonds. The van der Waals surface area contributed by atoms with Crippen LogP contribution in [-0.4, -0.2) is 80.6 Å². The smallest absolute Gasteiger partial charge is 0.311 e. The summed E-state index contributed by atoms with van der Waals surface area (Å²) in [6.07, 6.45) is 12.2. The van der Waals surface area contributed by atoms with Gasteiger partial charge >= 0.3 is 5.97 Å². The first-order valence-corrected chi connectivity index (χ1v) is 13.1. The summed E-state index contributed by atoms with van der Waals surface area (Å²) in [6, 6.07) is -1.21. The van der Waals surface area contributed by atoms with Gasteiger partial charge in [0.2, 0.25) is 11.8 Å². The molecule has 4 heterocycles. The third-order valence-electron chi connectivity index (χ3n) is 7.65. The molecule has 8 heteroatoms. The van der Waals surface area contributed by atoms with Gasteiger partial charge in [0, 0.05) is 17.8 Å². The van der Waals surface area contributed by atoms with Gasteiger partial charge in [0.05, 0.1) is 35.8 Å². The fourth-order valence-electron chi connectivity index (χ4n) is 6.03. The maximum Gasteiger partial charge on any atom is 0.311 e. The van der Waals surface area contributed by atoms with Crippen LogP contribution in [0.4, 0.5) is 0 Å². The van der Waals surface area contributed by atoms with Gasteiger partial charge in [-0.25, -0.2) is 0 Å². The zero-order chi connectivity index (χ0) is 23.8. The largest absolute Gasteiger partial charge is 0.465 e. The molecule has 0 aliphatic carbocycles. The molecular weight excluding hydrogens is 440 g/mol. The summed E-state index contributed by atoms with van der Waals surface area (Å²) in [5.74, 6) is -2.06. The Morgan fingerprint density at radius 3 is 2.64 bits per heavy atom. The van der Waals surface area contributed by atoms with Crippen molar-refractivity contribution in [3.63, 3.8) is 0 Å². The van der Waals surface area contributed by atoms with Gasteiger partial charge in [-0.2, -0.15) is 0 Å². The molecule has 0 radical (unpaired) electrons. The van der Waals surface area contributed by atoms with Gasteiger partial charge in [0.15, 0.2) is 0 Å². The highest BCUT2D eigenvalue weighted by Crippen LogP contribution is 2.65. The molecule has 4 aliphatic rings. The van der Waals surface area contributed by atoms with Crippen molar-refractivity contribution in [3.8, 4) is 0 Å². The van der Waals surface area contributed by atoms with E-state index in [-0.39, 0.29) is 24.4 Å². The predicted molar refractivity (Wildman–Crippen MR) is 127 cm³/mol. The lowest BCUT2D eigenvalue weighted by atomic mass is 9.74. The van der Waals surface area contributed by atoms with E-state index in [1.807, 2.05) is 43.1 Å². The number of fused-ring (bicyclic) bond motifs is 2. The van der Waals surface area contributed by atoms with E-state index in [1.165, 1.54) is 0 Å². The molecule has 1 N–H and O–H groups in total. The highest BCUT2D eigenvalue weighted by molar-refractivity contribution is 8.02. The Morgan fingerprint density at radius 1 is 1.15 bits per heavy atom. The summed E-state index contributed by atoms with van der Waals surface area (Å²) >= 11 is 1.55. The number of unbranched alkanes of at least 4 members (excludes halogenated alkanes) is 2. The number of ether oxygens (including phenoxy) is 1. The van der Waals surface area contributed by atoms with Crippen LogP contribution in [0.5, 0.6) is 0 Å². The number of aliphatic hydroxyl groups is 1. The Morgan fingerprint density at radius 2 is 1.94 bits per heavy atom. The first-order valence-electron chi connectivity index (χ1n) is 12.3. The summed E-state index contributed by atoms with van der Waals surface area (Å²) in [5, 5.41) is 10.1. The minimum atomic E-state index is -0.872. The highest BCUT2D eigenvalue weighted by Gasteiger charge is 2.74. The van der Waals surface area contributed by atoms with Crippen molar-refractivity contribution in [2.75, 3.05) is 26.3 Å². The lowest BCUT2D eigenvalue weighted by Gasteiger charge is -2.39. The van der Waals surface area contributed by atoms with Crippen LogP contribution in [0, 0.1) is 11.8 Å². The molecule has 0 aromatic rings. The van der Waals surface area contributed by atoms with Crippen molar-refractivity contribution in [1.29, 1.82) is 0 Å². The highest BCUT2D eigenvalue weighted by atomic mass is 32.2. The number of hydrogen-bond donors (Lipinski definition) is 1. The second-order valence-electron chi connectivity index (χ2n) is 9.74. The van der Waals surface area contributed by atoms with Gasteiger partial charge in [-0.3, -0.25) is 14.4 Å². The molecule has 7 nitrogen and oxygen atoms in total. The molecule has 4 aliphatic heterocycles. The monoisotopic (exact) mass is 476 g/mol. The summed E-state index contributed by atoms with van der Waals surface area (Å²) in [7, 11) is 0. The van der Waals surface area contributed by atoms with Crippen LogP contribution >= 0.6 is 11.8 Å². The van der Waals surface area contributed by atoms with Gasteiger partial charge < -0.3 is 19.6 Å². The molecule has 0 bridgehead atoms. The quantitative estimate of drug-likeness (QED) is 0.345. The third-order valence-corrected chi connectivity index (χ3v) is 9.44. The molecular formula is C25H36N2O5S. The van der Waals surface area contributed by atoms with Gasteiger partial charge in [-0.1, -0.05) is 51.0 Å². The van der Waals surface area contributed by atoms with Crippen LogP contribution in [0.3, 0.4) is 0 Å². The summed E-state index contributed by atoms with van der Waals surface area (Å²) < 4.78 is 4.03. The van der Waals surface area contributed by atoms with Crippen molar-refractivity contribution in [3.05, 3.63) is 24.3 Å². The molecule has 1 unspecified atom stereocenters. The molecule has 0 saturated carbocycles. The van der Waals surface area contributed by atoms with Gasteiger partial charge in [0.1, 0.15) is 6.04 Å². The zero-order valence-corrected chi connectivity index (χ0v) is 20.7. The van der Waals surface area contributed by atoms with E-state index in [0.29, 0.717) is 32.5 Å². The minimum absolute atomic E-state index is 0.0819. The van der Waals surface area contributed by atoms with E-state index in [2.05, 4.69) is 6.92 Å². The van der Waals surface area contributed by atoms with E-state index >= 15 is 0 Å². The lowest BCUT2D eigenvalue weighted by Crippen LogP contribution is -2.56. The summed E-state index contributed by atoms with van der Waals surface area (Å²) in [4.78, 5) is 44.8. The van der Waals surface area contributed by atoms with Crippen molar-refractivity contribution in [1.82, 2.24) is 9.80 Å². The molecule has 2 saturated heterocycles. The fourth-order valence-corrected chi connectivity index (χ4v) is 8.17. The van der Waals surface area contributed by atoms with Gasteiger partial charge in [-0.05, 0) is 26.2 Å². The molecule has 0 aromatic heterocycles. The normalized spacial score (nSPS) is 36.6. The lowest BCUT2D eigenvalue weighted by molar-refractivity contribution is -0.154. The average Bonchev–Trinajstić information content (AvgIpc) is 3.11. The number of carbonyl (C=O) groups is 3. The number of nitrogens with zero attached hydrogens (tertiary/aromatic N) is 2. The van der Waals surface area contributed by atoms with Crippen LogP contribution in [0.25, 0.3) is 0 Å². The molecule has 6 atom stereocenters. The van der Waals surface area contributed by atoms with E-state index in [1.54, 1.807) is 16.7 Å². The van der Waals surface area contributed by atoms with E-state index in [4.69, 9.17) is 4.74 Å². The van der Waals surface area contributed by atoms with Crippen molar-refractivity contribution >= 4 is 29.5 Å². The fraction of sp³-hybridized carbons (Fsp3) is 0.720. The predicted octanol–water partition coefficient (Wildman–Crippen LogP) is 2.54. The number of esters is 1. The Bertz CT molecular complexity index is 856.